The molecule has 1 aromatic carbocycles. The third kappa shape index (κ3) is 1.49. The number of nitrogens with one attached hydrogen (secondary N) is 1. The van der Waals surface area contributed by atoms with Crippen molar-refractivity contribution >= 4 is 12.5 Å². The number of aldehydes is 1. The first-order chi connectivity index (χ1) is 5.27. The molecule has 0 heterocycles. The molecule has 1 N–H and O–H groups in total. The quantitative estimate of drug-likeness (QED) is 0.506. The molecule has 0 aliphatic rings. The van der Waals surface area contributed by atoms with Gasteiger partial charge in [0.05, 0.1) is 0 Å². The van der Waals surface area contributed by atoms with Gasteiger partial charge in [-0.05, 0) is 18.2 Å². The Balaban J connectivity index is 3.26. The second kappa shape index (κ2) is 3.05. The Morgan fingerprint density at radius 3 is 2.64 bits per heavy atom. The molecule has 56 valence electrons. The van der Waals surface area contributed by atoms with E-state index >= 15 is 0 Å². The van der Waals surface area contributed by atoms with E-state index in [1.54, 1.807) is 0 Å². The van der Waals surface area contributed by atoms with Crippen LogP contribution in [0.3, 0.4) is 0 Å². The van der Waals surface area contributed by atoms with Crippen LogP contribution in [-0.2, 0) is 0 Å². The first-order valence-electron chi connectivity index (χ1n) is 3.03. The lowest BCUT2D eigenvalue weighted by molar-refractivity contribution is 0.112. The fourth-order valence-corrected chi connectivity index (χ4v) is 0.778. The zero-order chi connectivity index (χ0) is 8.27. The van der Waals surface area contributed by atoms with Gasteiger partial charge in [-0.25, -0.2) is 4.39 Å². The largest absolute Gasteiger partial charge is 0.308 e. The van der Waals surface area contributed by atoms with Crippen LogP contribution < -0.4 is 0 Å². The fraction of sp³-hybridized carbons (Fsp3) is 0. The van der Waals surface area contributed by atoms with Crippen LogP contribution in [0.2, 0.25) is 0 Å². The third-order valence-electron chi connectivity index (χ3n) is 1.33. The highest BCUT2D eigenvalue weighted by Gasteiger charge is 1.98. The van der Waals surface area contributed by atoms with E-state index in [-0.39, 0.29) is 0 Å². The van der Waals surface area contributed by atoms with Crippen molar-refractivity contribution in [2.24, 2.45) is 0 Å². The molecule has 0 aliphatic carbocycles. The smallest absolute Gasteiger partial charge is 0.150 e. The van der Waals surface area contributed by atoms with E-state index in [4.69, 9.17) is 5.41 Å². The Kier molecular flexibility index (Phi) is 2.11. The van der Waals surface area contributed by atoms with Gasteiger partial charge in [-0.3, -0.25) is 4.79 Å². The Hall–Kier alpha value is -1.51. The minimum atomic E-state index is -0.436. The van der Waals surface area contributed by atoms with E-state index in [2.05, 4.69) is 0 Å². The maximum atomic E-state index is 12.5. The summed E-state index contributed by atoms with van der Waals surface area (Å²) in [5.74, 6) is -0.436. The monoisotopic (exact) mass is 151 g/mol. The van der Waals surface area contributed by atoms with Gasteiger partial charge in [0, 0.05) is 17.3 Å². The highest BCUT2D eigenvalue weighted by Crippen LogP contribution is 2.06. The topological polar surface area (TPSA) is 40.9 Å². The van der Waals surface area contributed by atoms with Crippen LogP contribution >= 0.6 is 0 Å². The molecule has 0 spiro atoms. The maximum Gasteiger partial charge on any atom is 0.150 e. The summed E-state index contributed by atoms with van der Waals surface area (Å²) in [5.41, 5.74) is 0.640. The molecule has 11 heavy (non-hydrogen) atoms. The highest BCUT2D eigenvalue weighted by molar-refractivity contribution is 5.91. The Morgan fingerprint density at radius 2 is 2.09 bits per heavy atom. The molecule has 3 heteroatoms. The van der Waals surface area contributed by atoms with Gasteiger partial charge in [0.2, 0.25) is 0 Å². The molecule has 0 aromatic heterocycles. The van der Waals surface area contributed by atoms with Gasteiger partial charge in [-0.1, -0.05) is 0 Å². The number of hydrogen-bond acceptors (Lipinski definition) is 2. The van der Waals surface area contributed by atoms with Crippen LogP contribution in [0.4, 0.5) is 4.39 Å². The lowest BCUT2D eigenvalue weighted by Crippen LogP contribution is -1.90. The van der Waals surface area contributed by atoms with Crippen LogP contribution in [0.15, 0.2) is 18.2 Å². The van der Waals surface area contributed by atoms with Crippen molar-refractivity contribution in [3.8, 4) is 0 Å². The van der Waals surface area contributed by atoms with E-state index in [0.717, 1.165) is 12.3 Å². The molecule has 2 nitrogen and oxygen atoms in total. The molecular weight excluding hydrogens is 145 g/mol. The zero-order valence-corrected chi connectivity index (χ0v) is 5.67. The zero-order valence-electron chi connectivity index (χ0n) is 5.67. The van der Waals surface area contributed by atoms with Crippen LogP contribution in [0.5, 0.6) is 0 Å². The van der Waals surface area contributed by atoms with Crippen molar-refractivity contribution in [2.75, 3.05) is 0 Å². The lowest BCUT2D eigenvalue weighted by Gasteiger charge is -1.95. The third-order valence-corrected chi connectivity index (χ3v) is 1.33. The summed E-state index contributed by atoms with van der Waals surface area (Å²) >= 11 is 0. The van der Waals surface area contributed by atoms with Crippen molar-refractivity contribution in [1.82, 2.24) is 0 Å². The summed E-state index contributed by atoms with van der Waals surface area (Å²) < 4.78 is 12.5. The summed E-state index contributed by atoms with van der Waals surface area (Å²) in [7, 11) is 0. The fourth-order valence-electron chi connectivity index (χ4n) is 0.778. The van der Waals surface area contributed by atoms with E-state index in [9.17, 15) is 9.18 Å². The summed E-state index contributed by atoms with van der Waals surface area (Å²) in [6, 6.07) is 3.69. The first kappa shape index (κ1) is 7.60. The van der Waals surface area contributed by atoms with Crippen molar-refractivity contribution in [3.63, 3.8) is 0 Å². The molecule has 0 unspecified atom stereocenters. The molecule has 0 aliphatic heterocycles. The second-order valence-corrected chi connectivity index (χ2v) is 2.04. The highest BCUT2D eigenvalue weighted by atomic mass is 19.1. The molecular formula is C8H6FNO. The standard InChI is InChI=1S/C8H6FNO/c9-8-2-1-6(5-11)7(3-8)4-10/h1-5,10H. The molecule has 0 saturated heterocycles. The first-order valence-corrected chi connectivity index (χ1v) is 3.03. The summed E-state index contributed by atoms with van der Waals surface area (Å²) in [5, 5.41) is 6.83. The predicted octanol–water partition coefficient (Wildman–Crippen LogP) is 1.64. The van der Waals surface area contributed by atoms with Crippen molar-refractivity contribution in [1.29, 1.82) is 5.41 Å². The van der Waals surface area contributed by atoms with Crippen LogP contribution in [0.1, 0.15) is 15.9 Å². The van der Waals surface area contributed by atoms with E-state index in [1.807, 2.05) is 0 Å². The van der Waals surface area contributed by atoms with Gasteiger partial charge in [-0.15, -0.1) is 0 Å². The van der Waals surface area contributed by atoms with Gasteiger partial charge in [-0.2, -0.15) is 0 Å². The SMILES string of the molecule is N=Cc1cc(F)ccc1C=O. The number of carbonyl (C=O) groups is 1. The minimum Gasteiger partial charge on any atom is -0.308 e. The van der Waals surface area contributed by atoms with E-state index in [1.165, 1.54) is 12.1 Å². The molecule has 0 fully saturated rings. The van der Waals surface area contributed by atoms with E-state index < -0.39 is 5.82 Å². The molecule has 0 bridgehead atoms. The number of benzene rings is 1. The average molecular weight is 151 g/mol. The van der Waals surface area contributed by atoms with Gasteiger partial charge in [0.1, 0.15) is 5.82 Å². The Morgan fingerprint density at radius 1 is 1.36 bits per heavy atom. The number of rotatable bonds is 2. The molecule has 0 saturated carbocycles. The van der Waals surface area contributed by atoms with Crippen LogP contribution in [0.25, 0.3) is 0 Å². The summed E-state index contributed by atoms with van der Waals surface area (Å²) in [6.45, 7) is 0. The number of hydrogen-bond donors (Lipinski definition) is 1. The van der Waals surface area contributed by atoms with Crippen LogP contribution in [0, 0.1) is 11.2 Å². The number of halogens is 1. The Bertz CT molecular complexity index is 296. The molecule has 0 amide bonds. The molecule has 0 radical (unpaired) electrons. The second-order valence-electron chi connectivity index (χ2n) is 2.04. The van der Waals surface area contributed by atoms with Gasteiger partial charge in [0.25, 0.3) is 0 Å². The van der Waals surface area contributed by atoms with E-state index in [0.29, 0.717) is 17.4 Å². The predicted molar refractivity (Wildman–Crippen MR) is 39.7 cm³/mol. The number of carbonyl (C=O) groups excluding carboxylic acids is 1. The van der Waals surface area contributed by atoms with Gasteiger partial charge >= 0.3 is 0 Å². The summed E-state index contributed by atoms with van der Waals surface area (Å²) in [4.78, 5) is 10.3. The van der Waals surface area contributed by atoms with Crippen LogP contribution in [-0.4, -0.2) is 12.5 Å². The van der Waals surface area contributed by atoms with Crippen molar-refractivity contribution in [2.45, 2.75) is 0 Å². The van der Waals surface area contributed by atoms with Crippen molar-refractivity contribution < 1.29 is 9.18 Å². The van der Waals surface area contributed by atoms with Crippen molar-refractivity contribution in [3.05, 3.63) is 35.1 Å². The minimum absolute atomic E-state index is 0.306. The molecule has 1 aromatic rings. The summed E-state index contributed by atoms with van der Waals surface area (Å²) in [6.07, 6.45) is 1.55. The molecule has 0 atom stereocenters. The average Bonchev–Trinajstić information content (AvgIpc) is 2.04. The maximum absolute atomic E-state index is 12.5. The normalized spacial score (nSPS) is 9.18. The van der Waals surface area contributed by atoms with Gasteiger partial charge in [0.15, 0.2) is 6.29 Å². The molecule has 1 rings (SSSR count). The van der Waals surface area contributed by atoms with Gasteiger partial charge < -0.3 is 5.41 Å². The Labute approximate surface area is 63.2 Å². The lowest BCUT2D eigenvalue weighted by atomic mass is 10.1.